The van der Waals surface area contributed by atoms with Gasteiger partial charge in [0.05, 0.1) is 22.5 Å². The molecular weight excluding hydrogens is 864 g/mol. The maximum Gasteiger partial charge on any atom is 2.00 e. The molecule has 61 heavy (non-hydrogen) atoms. The molecule has 15 heteroatoms. The van der Waals surface area contributed by atoms with Gasteiger partial charge in [-0.25, -0.2) is 43.9 Å². The summed E-state index contributed by atoms with van der Waals surface area (Å²) in [7, 11) is 0. The van der Waals surface area contributed by atoms with Crippen molar-refractivity contribution in [2.24, 2.45) is 9.98 Å². The van der Waals surface area contributed by atoms with E-state index in [4.69, 9.17) is 0 Å². The molecule has 0 N–H and O–H groups in total. The van der Waals surface area contributed by atoms with Gasteiger partial charge in [0.2, 0.25) is 11.6 Å². The van der Waals surface area contributed by atoms with E-state index in [0.717, 1.165) is 22.3 Å². The second-order valence-electron chi connectivity index (χ2n) is 14.7. The third-order valence-electron chi connectivity index (χ3n) is 11.4. The largest absolute Gasteiger partial charge is 2.00 e. The summed E-state index contributed by atoms with van der Waals surface area (Å²) < 4.78 is 143. The number of aryl methyl sites for hydroxylation is 2. The second-order valence-corrected chi connectivity index (χ2v) is 14.7. The molecule has 320 valence electrons. The molecule has 0 unspecified atom stereocenters. The fraction of sp³-hybridized carbons (Fsp3) is 0.348. The van der Waals surface area contributed by atoms with Crippen LogP contribution in [0.1, 0.15) is 124 Å². The summed E-state index contributed by atoms with van der Waals surface area (Å²) in [5.74, 6) is -19.9. The first-order valence-corrected chi connectivity index (χ1v) is 19.4. The molecule has 0 fully saturated rings. The zero-order valence-corrected chi connectivity index (χ0v) is 39.1. The number of allylic oxidation sites excluding steroid dienone is 4. The molecule has 2 aromatic heterocycles. The van der Waals surface area contributed by atoms with Crippen LogP contribution < -0.4 is 9.97 Å². The van der Waals surface area contributed by atoms with Gasteiger partial charge in [-0.05, 0) is 101 Å². The number of benzene rings is 2. The van der Waals surface area contributed by atoms with Crippen LogP contribution >= 0.6 is 0 Å². The van der Waals surface area contributed by atoms with Crippen LogP contribution in [0.25, 0.3) is 11.1 Å². The van der Waals surface area contributed by atoms with Crippen molar-refractivity contribution < 1.29 is 63.4 Å². The molecule has 0 amide bonds. The van der Waals surface area contributed by atoms with E-state index in [9.17, 15) is 43.9 Å². The molecular formula is C46H44F10N4Zn. The Bertz CT molecular complexity index is 2430. The van der Waals surface area contributed by atoms with Crippen molar-refractivity contribution in [2.75, 3.05) is 0 Å². The number of rotatable bonds is 8. The molecule has 2 aromatic carbocycles. The van der Waals surface area contributed by atoms with Crippen LogP contribution in [0.2, 0.25) is 0 Å². The first-order chi connectivity index (χ1) is 28.1. The predicted octanol–water partition coefficient (Wildman–Crippen LogP) is 13.0. The third-order valence-corrected chi connectivity index (χ3v) is 11.4. The van der Waals surface area contributed by atoms with Gasteiger partial charge in [-0.3, -0.25) is 9.98 Å². The van der Waals surface area contributed by atoms with Gasteiger partial charge < -0.3 is 9.97 Å². The number of aromatic nitrogens is 2. The SMILES string of the molecule is CCC1=C(C)/C(=C(/c2[n-]c(C)c(CC)c2C)c2c(F)c(F)c(F)c(F)c2F)N=C1C.CCC1=C(C)/C(=C(/c2[n-]c(C)c(CC)c2C)c2c(F)c(F)c(F)c(F)c2F)N=C1C.[Zn+2]. The van der Waals surface area contributed by atoms with Crippen LogP contribution in [0.5, 0.6) is 0 Å². The van der Waals surface area contributed by atoms with Crippen molar-refractivity contribution in [3.05, 3.63) is 148 Å². The molecule has 4 heterocycles. The van der Waals surface area contributed by atoms with Crippen LogP contribution in [0, 0.1) is 85.9 Å². The smallest absolute Gasteiger partial charge is 0.660 e. The Balaban J connectivity index is 0.000000264. The van der Waals surface area contributed by atoms with E-state index in [0.29, 0.717) is 70.8 Å². The molecule has 2 aliphatic rings. The molecule has 4 nitrogen and oxygen atoms in total. The van der Waals surface area contributed by atoms with E-state index < -0.39 is 69.3 Å². The first kappa shape index (κ1) is 48.9. The van der Waals surface area contributed by atoms with E-state index in [2.05, 4.69) is 20.0 Å². The Kier molecular flexibility index (Phi) is 15.0. The van der Waals surface area contributed by atoms with Crippen LogP contribution in [-0.4, -0.2) is 11.4 Å². The van der Waals surface area contributed by atoms with Gasteiger partial charge in [-0.1, -0.05) is 63.8 Å². The van der Waals surface area contributed by atoms with Gasteiger partial charge in [0.15, 0.2) is 46.5 Å². The second kappa shape index (κ2) is 18.7. The minimum absolute atomic E-state index is 0. The van der Waals surface area contributed by atoms with Crippen LogP contribution in [0.4, 0.5) is 43.9 Å². The molecule has 0 atom stereocenters. The zero-order valence-electron chi connectivity index (χ0n) is 36.1. The van der Waals surface area contributed by atoms with Crippen molar-refractivity contribution in [3.8, 4) is 0 Å². The van der Waals surface area contributed by atoms with Gasteiger partial charge >= 0.3 is 19.5 Å². The van der Waals surface area contributed by atoms with Gasteiger partial charge in [0.1, 0.15) is 0 Å². The summed E-state index contributed by atoms with van der Waals surface area (Å²) in [6, 6.07) is 0. The topological polar surface area (TPSA) is 52.9 Å². The number of aliphatic imine (C=N–C) groups is 2. The molecule has 2 aliphatic heterocycles. The van der Waals surface area contributed by atoms with Crippen LogP contribution in [-0.2, 0) is 32.3 Å². The van der Waals surface area contributed by atoms with Gasteiger partial charge in [0, 0.05) is 11.4 Å². The van der Waals surface area contributed by atoms with E-state index in [1.807, 2.05) is 27.7 Å². The Labute approximate surface area is 361 Å². The molecule has 0 saturated carbocycles. The maximum atomic E-state index is 14.9. The average molecular weight is 908 g/mol. The fourth-order valence-electron chi connectivity index (χ4n) is 8.34. The maximum absolute atomic E-state index is 14.9. The van der Waals surface area contributed by atoms with E-state index in [1.165, 1.54) is 0 Å². The monoisotopic (exact) mass is 906 g/mol. The molecule has 0 radical (unpaired) electrons. The average Bonchev–Trinajstić information content (AvgIpc) is 3.87. The summed E-state index contributed by atoms with van der Waals surface area (Å²) >= 11 is 0. The number of hydrogen-bond acceptors (Lipinski definition) is 2. The fourth-order valence-corrected chi connectivity index (χ4v) is 8.34. The summed E-state index contributed by atoms with van der Waals surface area (Å²) in [6.07, 6.45) is 2.45. The molecule has 6 rings (SSSR count). The van der Waals surface area contributed by atoms with Gasteiger partial charge in [-0.2, -0.15) is 11.4 Å². The quantitative estimate of drug-likeness (QED) is 0.0765. The Morgan fingerprint density at radius 2 is 0.672 bits per heavy atom. The van der Waals surface area contributed by atoms with E-state index >= 15 is 0 Å². The number of halogens is 10. The van der Waals surface area contributed by atoms with E-state index in [-0.39, 0.29) is 53.4 Å². The number of nitrogens with zero attached hydrogens (tertiary/aromatic N) is 4. The molecule has 0 bridgehead atoms. The Morgan fingerprint density at radius 1 is 0.410 bits per heavy atom. The van der Waals surface area contributed by atoms with Crippen molar-refractivity contribution in [2.45, 2.75) is 109 Å². The summed E-state index contributed by atoms with van der Waals surface area (Å²) in [5, 5.41) is 0. The van der Waals surface area contributed by atoms with Crippen LogP contribution in [0.3, 0.4) is 0 Å². The van der Waals surface area contributed by atoms with Crippen molar-refractivity contribution in [1.29, 1.82) is 0 Å². The molecule has 0 aliphatic carbocycles. The molecule has 4 aromatic rings. The van der Waals surface area contributed by atoms with Crippen molar-refractivity contribution in [1.82, 2.24) is 9.97 Å². The van der Waals surface area contributed by atoms with Gasteiger partial charge in [-0.15, -0.1) is 11.4 Å². The van der Waals surface area contributed by atoms with Gasteiger partial charge in [0.25, 0.3) is 0 Å². The minimum atomic E-state index is -2.19. The molecule has 0 saturated heterocycles. The summed E-state index contributed by atoms with van der Waals surface area (Å²) in [5.41, 5.74) is 6.90. The normalized spacial score (nSPS) is 15.6. The Morgan fingerprint density at radius 3 is 0.885 bits per heavy atom. The van der Waals surface area contributed by atoms with Crippen molar-refractivity contribution >= 4 is 22.6 Å². The van der Waals surface area contributed by atoms with Crippen LogP contribution in [0.15, 0.2) is 43.7 Å². The summed E-state index contributed by atoms with van der Waals surface area (Å²) in [6.45, 7) is 21.5. The summed E-state index contributed by atoms with van der Waals surface area (Å²) in [4.78, 5) is 17.8. The Hall–Kier alpha value is -4.78. The van der Waals surface area contributed by atoms with E-state index in [1.54, 1.807) is 55.4 Å². The number of hydrogen-bond donors (Lipinski definition) is 0. The molecule has 0 spiro atoms. The first-order valence-electron chi connectivity index (χ1n) is 19.4. The van der Waals surface area contributed by atoms with Crippen molar-refractivity contribution in [3.63, 3.8) is 0 Å². The standard InChI is InChI=1S/2C23H22F5N2.Zn/c2*1-7-13-9(3)22(29-11(13)5)16(23-10(4)14(8-2)12(6)30-23)15-17(24)19(26)21(28)20(27)18(15)25;/h2*7-8H2,1-6H3;/q2*-1;+2/b2*22-16-;. The zero-order chi connectivity index (χ0) is 45.0. The minimum Gasteiger partial charge on any atom is -0.660 e. The predicted molar refractivity (Wildman–Crippen MR) is 214 cm³/mol. The third kappa shape index (κ3) is 8.07.